The number of aliphatic hydroxyl groups is 1. The standard InChI is InChI=1S/C8H12F3NO3/c1-15-7(14)2-3-12(4-5-13)6-8(9,10)11/h2-3,13H,4-6H2,1H3/b3-2+. The summed E-state index contributed by atoms with van der Waals surface area (Å²) in [5.41, 5.74) is 0. The lowest BCUT2D eigenvalue weighted by atomic mass is 10.4. The summed E-state index contributed by atoms with van der Waals surface area (Å²) in [7, 11) is 1.12. The van der Waals surface area contributed by atoms with Gasteiger partial charge >= 0.3 is 12.1 Å². The maximum atomic E-state index is 12.0. The first-order chi connectivity index (χ1) is 6.89. The summed E-state index contributed by atoms with van der Waals surface area (Å²) in [6.45, 7) is -1.85. The van der Waals surface area contributed by atoms with E-state index in [1.807, 2.05) is 0 Å². The highest BCUT2D eigenvalue weighted by atomic mass is 19.4. The molecule has 0 saturated carbocycles. The molecule has 1 N–H and O–H groups in total. The molecule has 0 saturated heterocycles. The van der Waals surface area contributed by atoms with E-state index in [2.05, 4.69) is 4.74 Å². The number of rotatable bonds is 5. The highest BCUT2D eigenvalue weighted by molar-refractivity contribution is 5.81. The summed E-state index contributed by atoms with van der Waals surface area (Å²) in [5.74, 6) is -0.750. The number of hydrogen-bond acceptors (Lipinski definition) is 4. The molecule has 0 radical (unpaired) electrons. The molecule has 88 valence electrons. The van der Waals surface area contributed by atoms with Gasteiger partial charge < -0.3 is 14.7 Å². The molecular formula is C8H12F3NO3. The van der Waals surface area contributed by atoms with Crippen LogP contribution in [-0.4, -0.2) is 49.0 Å². The first-order valence-electron chi connectivity index (χ1n) is 4.07. The number of esters is 1. The monoisotopic (exact) mass is 227 g/mol. The highest BCUT2D eigenvalue weighted by Gasteiger charge is 2.29. The van der Waals surface area contributed by atoms with Gasteiger partial charge in [0.1, 0.15) is 6.54 Å². The predicted octanol–water partition coefficient (Wildman–Crippen LogP) is 0.530. The molecular weight excluding hydrogens is 215 g/mol. The van der Waals surface area contributed by atoms with E-state index in [1.54, 1.807) is 0 Å². The molecule has 0 aliphatic rings. The minimum atomic E-state index is -4.38. The van der Waals surface area contributed by atoms with Gasteiger partial charge in [-0.1, -0.05) is 0 Å². The number of carbonyl (C=O) groups excluding carboxylic acids is 1. The lowest BCUT2D eigenvalue weighted by Gasteiger charge is -2.20. The molecule has 0 aliphatic carbocycles. The van der Waals surface area contributed by atoms with Gasteiger partial charge in [-0.05, 0) is 0 Å². The van der Waals surface area contributed by atoms with E-state index in [4.69, 9.17) is 5.11 Å². The predicted molar refractivity (Wildman–Crippen MR) is 45.9 cm³/mol. The van der Waals surface area contributed by atoms with Crippen LogP contribution < -0.4 is 0 Å². The van der Waals surface area contributed by atoms with Gasteiger partial charge in [-0.15, -0.1) is 0 Å². The molecule has 0 atom stereocenters. The van der Waals surface area contributed by atoms with Crippen molar-refractivity contribution in [2.45, 2.75) is 6.18 Å². The Balaban J connectivity index is 4.27. The van der Waals surface area contributed by atoms with Crippen molar-refractivity contribution in [1.82, 2.24) is 4.90 Å². The van der Waals surface area contributed by atoms with E-state index in [0.29, 0.717) is 0 Å². The zero-order chi connectivity index (χ0) is 11.9. The Labute approximate surface area is 84.9 Å². The molecule has 0 bridgehead atoms. The van der Waals surface area contributed by atoms with Crippen LogP contribution in [0.3, 0.4) is 0 Å². The Morgan fingerprint density at radius 1 is 1.53 bits per heavy atom. The highest BCUT2D eigenvalue weighted by Crippen LogP contribution is 2.16. The minimum Gasteiger partial charge on any atom is -0.466 e. The molecule has 0 rings (SSSR count). The first-order valence-corrected chi connectivity index (χ1v) is 4.07. The Kier molecular flexibility index (Phi) is 5.76. The molecule has 0 aromatic heterocycles. The van der Waals surface area contributed by atoms with Crippen molar-refractivity contribution in [2.75, 3.05) is 26.8 Å². The van der Waals surface area contributed by atoms with Crippen molar-refractivity contribution in [2.24, 2.45) is 0 Å². The summed E-state index contributed by atoms with van der Waals surface area (Å²) in [5, 5.41) is 8.50. The van der Waals surface area contributed by atoms with Crippen LogP contribution in [0.5, 0.6) is 0 Å². The van der Waals surface area contributed by atoms with E-state index in [0.717, 1.165) is 24.3 Å². The first kappa shape index (κ1) is 13.8. The van der Waals surface area contributed by atoms with Crippen LogP contribution in [0, 0.1) is 0 Å². The van der Waals surface area contributed by atoms with Crippen molar-refractivity contribution in [3.8, 4) is 0 Å². The minimum absolute atomic E-state index is 0.201. The molecule has 0 heterocycles. The molecule has 0 aromatic carbocycles. The van der Waals surface area contributed by atoms with Gasteiger partial charge in [-0.3, -0.25) is 0 Å². The van der Waals surface area contributed by atoms with Gasteiger partial charge in [0.2, 0.25) is 0 Å². The third kappa shape index (κ3) is 7.80. The van der Waals surface area contributed by atoms with Gasteiger partial charge in [0, 0.05) is 18.8 Å². The lowest BCUT2D eigenvalue weighted by Crippen LogP contribution is -2.32. The summed E-state index contributed by atoms with van der Waals surface area (Å²) in [6.07, 6.45) is -2.58. The fourth-order valence-electron chi connectivity index (χ4n) is 0.799. The Hall–Kier alpha value is -1.24. The van der Waals surface area contributed by atoms with E-state index in [1.165, 1.54) is 0 Å². The lowest BCUT2D eigenvalue weighted by molar-refractivity contribution is -0.142. The van der Waals surface area contributed by atoms with Gasteiger partial charge in [0.25, 0.3) is 0 Å². The Morgan fingerprint density at radius 2 is 2.13 bits per heavy atom. The fourth-order valence-corrected chi connectivity index (χ4v) is 0.799. The number of nitrogens with zero attached hydrogens (tertiary/aromatic N) is 1. The summed E-state index contributed by atoms with van der Waals surface area (Å²) >= 11 is 0. The molecule has 15 heavy (non-hydrogen) atoms. The third-order valence-corrected chi connectivity index (χ3v) is 1.39. The van der Waals surface area contributed by atoms with Crippen molar-refractivity contribution < 1.29 is 27.8 Å². The number of aliphatic hydroxyl groups excluding tert-OH is 1. The quantitative estimate of drug-likeness (QED) is 0.550. The molecule has 0 spiro atoms. The van der Waals surface area contributed by atoms with Crippen LogP contribution in [0.4, 0.5) is 13.2 Å². The van der Waals surface area contributed by atoms with Crippen molar-refractivity contribution in [1.29, 1.82) is 0 Å². The SMILES string of the molecule is COC(=O)/C=C/N(CCO)CC(F)(F)F. The average Bonchev–Trinajstić information content (AvgIpc) is 2.11. The van der Waals surface area contributed by atoms with Gasteiger partial charge in [0.15, 0.2) is 0 Å². The van der Waals surface area contributed by atoms with Crippen LogP contribution in [0.25, 0.3) is 0 Å². The fraction of sp³-hybridized carbons (Fsp3) is 0.625. The molecule has 7 heteroatoms. The van der Waals surface area contributed by atoms with E-state index in [9.17, 15) is 18.0 Å². The number of methoxy groups -OCH3 is 1. The number of alkyl halides is 3. The second-order valence-corrected chi connectivity index (χ2v) is 2.65. The van der Waals surface area contributed by atoms with Gasteiger partial charge in [0.05, 0.1) is 13.7 Å². The zero-order valence-corrected chi connectivity index (χ0v) is 8.12. The maximum Gasteiger partial charge on any atom is 0.405 e. The van der Waals surface area contributed by atoms with E-state index >= 15 is 0 Å². The van der Waals surface area contributed by atoms with Crippen molar-refractivity contribution in [3.05, 3.63) is 12.3 Å². The number of ether oxygens (including phenoxy) is 1. The number of carbonyl (C=O) groups is 1. The second-order valence-electron chi connectivity index (χ2n) is 2.65. The number of halogens is 3. The summed E-state index contributed by atoms with van der Waals surface area (Å²) < 4.78 is 40.1. The van der Waals surface area contributed by atoms with E-state index < -0.39 is 25.3 Å². The second kappa shape index (κ2) is 6.28. The molecule has 0 aromatic rings. The molecule has 0 unspecified atom stereocenters. The summed E-state index contributed by atoms with van der Waals surface area (Å²) in [4.78, 5) is 11.4. The van der Waals surface area contributed by atoms with Gasteiger partial charge in [-0.2, -0.15) is 13.2 Å². The number of hydrogen-bond donors (Lipinski definition) is 1. The summed E-state index contributed by atoms with van der Waals surface area (Å²) in [6, 6.07) is 0. The molecule has 0 amide bonds. The van der Waals surface area contributed by atoms with Crippen molar-refractivity contribution in [3.63, 3.8) is 0 Å². The Morgan fingerprint density at radius 3 is 2.53 bits per heavy atom. The molecule has 0 aliphatic heterocycles. The Bertz CT molecular complexity index is 228. The van der Waals surface area contributed by atoms with Gasteiger partial charge in [-0.25, -0.2) is 4.79 Å². The van der Waals surface area contributed by atoms with Crippen LogP contribution in [-0.2, 0) is 9.53 Å². The third-order valence-electron chi connectivity index (χ3n) is 1.39. The topological polar surface area (TPSA) is 49.8 Å². The van der Waals surface area contributed by atoms with Crippen molar-refractivity contribution >= 4 is 5.97 Å². The van der Waals surface area contributed by atoms with Crippen LogP contribution >= 0.6 is 0 Å². The van der Waals surface area contributed by atoms with Crippen LogP contribution in [0.2, 0.25) is 0 Å². The molecule has 4 nitrogen and oxygen atoms in total. The normalized spacial score (nSPS) is 11.8. The zero-order valence-electron chi connectivity index (χ0n) is 8.12. The van der Waals surface area contributed by atoms with E-state index in [-0.39, 0.29) is 6.54 Å². The van der Waals surface area contributed by atoms with Crippen LogP contribution in [0.1, 0.15) is 0 Å². The molecule has 0 fully saturated rings. The average molecular weight is 227 g/mol. The smallest absolute Gasteiger partial charge is 0.405 e. The maximum absolute atomic E-state index is 12.0. The van der Waals surface area contributed by atoms with Crippen LogP contribution in [0.15, 0.2) is 12.3 Å². The largest absolute Gasteiger partial charge is 0.466 e.